The molecule has 1 saturated carbocycles. The summed E-state index contributed by atoms with van der Waals surface area (Å²) in [4.78, 5) is 12.0. The minimum Gasteiger partial charge on any atom is -0.392 e. The van der Waals surface area contributed by atoms with Crippen molar-refractivity contribution in [3.63, 3.8) is 0 Å². The molecule has 2 rings (SSSR count). The number of nitrogens with one attached hydrogen (secondary N) is 2. The van der Waals surface area contributed by atoms with Gasteiger partial charge in [0.1, 0.15) is 5.82 Å². The Bertz CT molecular complexity index is 538. The van der Waals surface area contributed by atoms with Crippen molar-refractivity contribution in [1.82, 2.24) is 10.6 Å². The predicted octanol–water partition coefficient (Wildman–Crippen LogP) is 2.75. The highest BCUT2D eigenvalue weighted by Gasteiger charge is 2.35. The van der Waals surface area contributed by atoms with Gasteiger partial charge in [-0.25, -0.2) is 9.18 Å². The number of aliphatic hydroxyl groups excluding tert-OH is 1. The van der Waals surface area contributed by atoms with Crippen molar-refractivity contribution < 1.29 is 19.0 Å². The molecule has 1 aromatic rings. The van der Waals surface area contributed by atoms with Gasteiger partial charge in [0.05, 0.1) is 12.2 Å². The van der Waals surface area contributed by atoms with Gasteiger partial charge in [0.25, 0.3) is 0 Å². The van der Waals surface area contributed by atoms with Crippen LogP contribution in [0, 0.1) is 11.2 Å². The van der Waals surface area contributed by atoms with E-state index < -0.39 is 0 Å². The maximum atomic E-state index is 13.0. The first-order chi connectivity index (χ1) is 11.4. The average molecular weight is 338 g/mol. The maximum Gasteiger partial charge on any atom is 0.314 e. The van der Waals surface area contributed by atoms with Crippen LogP contribution in [0.1, 0.15) is 44.3 Å². The van der Waals surface area contributed by atoms with Crippen LogP contribution in [0.25, 0.3) is 0 Å². The van der Waals surface area contributed by atoms with Crippen LogP contribution in [0.3, 0.4) is 0 Å². The number of urea groups is 1. The second-order valence-electron chi connectivity index (χ2n) is 6.76. The van der Waals surface area contributed by atoms with Gasteiger partial charge in [0, 0.05) is 25.6 Å². The molecule has 0 spiro atoms. The second-order valence-corrected chi connectivity index (χ2v) is 6.76. The molecule has 1 aliphatic carbocycles. The van der Waals surface area contributed by atoms with Crippen LogP contribution < -0.4 is 10.6 Å². The van der Waals surface area contributed by atoms with Crippen LogP contribution in [0.15, 0.2) is 24.3 Å². The summed E-state index contributed by atoms with van der Waals surface area (Å²) in [6.45, 7) is 2.73. The highest BCUT2D eigenvalue weighted by atomic mass is 19.1. The van der Waals surface area contributed by atoms with Gasteiger partial charge in [-0.05, 0) is 30.5 Å². The minimum absolute atomic E-state index is 0.271. The summed E-state index contributed by atoms with van der Waals surface area (Å²) < 4.78 is 18.3. The fourth-order valence-electron chi connectivity index (χ4n) is 3.13. The van der Waals surface area contributed by atoms with Gasteiger partial charge < -0.3 is 20.5 Å². The molecular formula is C18H27FN2O3. The van der Waals surface area contributed by atoms with E-state index in [9.17, 15) is 14.3 Å². The number of ether oxygens (including phenoxy) is 1. The molecule has 1 aliphatic rings. The van der Waals surface area contributed by atoms with E-state index in [1.165, 1.54) is 12.1 Å². The molecule has 0 aromatic heterocycles. The summed E-state index contributed by atoms with van der Waals surface area (Å²) in [5, 5.41) is 15.8. The molecule has 0 saturated heterocycles. The van der Waals surface area contributed by atoms with Crippen LogP contribution >= 0.6 is 0 Å². The molecule has 1 fully saturated rings. The van der Waals surface area contributed by atoms with Crippen LogP contribution in [0.2, 0.25) is 0 Å². The number of rotatable bonds is 6. The van der Waals surface area contributed by atoms with E-state index in [0.29, 0.717) is 6.54 Å². The average Bonchev–Trinajstić information content (AvgIpc) is 2.58. The summed E-state index contributed by atoms with van der Waals surface area (Å²) in [5.74, 6) is -0.307. The lowest BCUT2D eigenvalue weighted by atomic mass is 9.73. The Kier molecular flexibility index (Phi) is 6.57. The lowest BCUT2D eigenvalue weighted by Gasteiger charge is -2.38. The van der Waals surface area contributed by atoms with E-state index in [4.69, 9.17) is 4.74 Å². The van der Waals surface area contributed by atoms with Gasteiger partial charge >= 0.3 is 6.03 Å². The summed E-state index contributed by atoms with van der Waals surface area (Å²) >= 11 is 0. The molecule has 3 N–H and O–H groups in total. The summed E-state index contributed by atoms with van der Waals surface area (Å²) in [5.41, 5.74) is 0.529. The summed E-state index contributed by atoms with van der Waals surface area (Å²) in [6, 6.07) is 5.72. The monoisotopic (exact) mass is 338 g/mol. The van der Waals surface area contributed by atoms with Crippen molar-refractivity contribution in [3.05, 3.63) is 35.6 Å². The van der Waals surface area contributed by atoms with Crippen molar-refractivity contribution in [1.29, 1.82) is 0 Å². The van der Waals surface area contributed by atoms with E-state index in [0.717, 1.165) is 31.2 Å². The number of hydrogen-bond acceptors (Lipinski definition) is 3. The molecule has 3 unspecified atom stereocenters. The Morgan fingerprint density at radius 3 is 2.71 bits per heavy atom. The SMILES string of the molecule is COC(CNC(=O)NCC1(C)CCCCC1O)c1ccc(F)cc1. The number of halogens is 1. The number of hydrogen-bond donors (Lipinski definition) is 3. The number of carbonyl (C=O) groups is 1. The topological polar surface area (TPSA) is 70.6 Å². The lowest BCUT2D eigenvalue weighted by Crippen LogP contribution is -2.48. The van der Waals surface area contributed by atoms with Crippen molar-refractivity contribution >= 4 is 6.03 Å². The first-order valence-electron chi connectivity index (χ1n) is 8.42. The smallest absolute Gasteiger partial charge is 0.314 e. The van der Waals surface area contributed by atoms with Gasteiger partial charge in [-0.1, -0.05) is 31.9 Å². The van der Waals surface area contributed by atoms with Crippen molar-refractivity contribution in [3.8, 4) is 0 Å². The van der Waals surface area contributed by atoms with Gasteiger partial charge in [-0.3, -0.25) is 0 Å². The Labute approximate surface area is 142 Å². The Morgan fingerprint density at radius 1 is 1.38 bits per heavy atom. The highest BCUT2D eigenvalue weighted by molar-refractivity contribution is 5.73. The van der Waals surface area contributed by atoms with Gasteiger partial charge in [0.2, 0.25) is 0 Å². The van der Waals surface area contributed by atoms with Crippen molar-refractivity contribution in [2.75, 3.05) is 20.2 Å². The number of benzene rings is 1. The maximum absolute atomic E-state index is 13.0. The van der Waals surface area contributed by atoms with E-state index in [1.54, 1.807) is 19.2 Å². The zero-order valence-electron chi connectivity index (χ0n) is 14.3. The molecule has 134 valence electrons. The zero-order chi connectivity index (χ0) is 17.6. The largest absolute Gasteiger partial charge is 0.392 e. The summed E-state index contributed by atoms with van der Waals surface area (Å²) in [7, 11) is 1.55. The van der Waals surface area contributed by atoms with Gasteiger partial charge in [0.15, 0.2) is 0 Å². The molecule has 0 radical (unpaired) electrons. The van der Waals surface area contributed by atoms with E-state index in [1.807, 2.05) is 6.92 Å². The summed E-state index contributed by atoms with van der Waals surface area (Å²) in [6.07, 6.45) is 3.09. The molecule has 3 atom stereocenters. The molecule has 1 aromatic carbocycles. The molecular weight excluding hydrogens is 311 g/mol. The van der Waals surface area contributed by atoms with Gasteiger partial charge in [-0.2, -0.15) is 0 Å². The molecule has 6 heteroatoms. The van der Waals surface area contributed by atoms with Gasteiger partial charge in [-0.15, -0.1) is 0 Å². The normalized spacial score (nSPS) is 25.1. The zero-order valence-corrected chi connectivity index (χ0v) is 14.3. The molecule has 24 heavy (non-hydrogen) atoms. The quantitative estimate of drug-likeness (QED) is 0.747. The van der Waals surface area contributed by atoms with Crippen LogP contribution in [-0.2, 0) is 4.74 Å². The third kappa shape index (κ3) is 4.92. The molecule has 2 amide bonds. The molecule has 5 nitrogen and oxygen atoms in total. The fourth-order valence-corrected chi connectivity index (χ4v) is 3.13. The Hall–Kier alpha value is -1.66. The van der Waals surface area contributed by atoms with E-state index >= 15 is 0 Å². The van der Waals surface area contributed by atoms with E-state index in [-0.39, 0.29) is 36.0 Å². The minimum atomic E-state index is -0.377. The third-order valence-corrected chi connectivity index (χ3v) is 4.91. The standard InChI is InChI=1S/C18H27FN2O3/c1-18(10-4-3-5-16(18)22)12-21-17(23)20-11-15(24-2)13-6-8-14(19)9-7-13/h6-9,15-16,22H,3-5,10-12H2,1-2H3,(H2,20,21,23). The number of amides is 2. The van der Waals surface area contributed by atoms with Crippen LogP contribution in [0.4, 0.5) is 9.18 Å². The third-order valence-electron chi connectivity index (χ3n) is 4.91. The highest BCUT2D eigenvalue weighted by Crippen LogP contribution is 2.35. The van der Waals surface area contributed by atoms with Crippen LogP contribution in [0.5, 0.6) is 0 Å². The van der Waals surface area contributed by atoms with E-state index in [2.05, 4.69) is 10.6 Å². The van der Waals surface area contributed by atoms with Crippen molar-refractivity contribution in [2.45, 2.75) is 44.8 Å². The van der Waals surface area contributed by atoms with Crippen molar-refractivity contribution in [2.24, 2.45) is 5.41 Å². The van der Waals surface area contributed by atoms with Crippen LogP contribution in [-0.4, -0.2) is 37.4 Å². The Morgan fingerprint density at radius 2 is 2.08 bits per heavy atom. The number of methoxy groups -OCH3 is 1. The fraction of sp³-hybridized carbons (Fsp3) is 0.611. The first kappa shape index (κ1) is 18.7. The molecule has 0 heterocycles. The molecule has 0 bridgehead atoms. The first-order valence-corrected chi connectivity index (χ1v) is 8.42. The molecule has 0 aliphatic heterocycles. The predicted molar refractivity (Wildman–Crippen MR) is 90.1 cm³/mol. The Balaban J connectivity index is 1.80. The second kappa shape index (κ2) is 8.44. The number of aliphatic hydroxyl groups is 1. The lowest BCUT2D eigenvalue weighted by molar-refractivity contribution is 0.00300. The number of carbonyl (C=O) groups excluding carboxylic acids is 1.